The molecule has 1 heterocycles. The van der Waals surface area contributed by atoms with Crippen molar-refractivity contribution in [2.45, 2.75) is 57.5 Å². The minimum absolute atomic E-state index is 0.319. The minimum Gasteiger partial charge on any atom is -0.495 e. The molecule has 1 spiro atoms. The maximum atomic E-state index is 5.62. The van der Waals surface area contributed by atoms with Gasteiger partial charge < -0.3 is 15.0 Å². The van der Waals surface area contributed by atoms with Gasteiger partial charge in [0.05, 0.1) is 12.8 Å². The van der Waals surface area contributed by atoms with Gasteiger partial charge in [-0.2, -0.15) is 0 Å². The van der Waals surface area contributed by atoms with Gasteiger partial charge in [-0.1, -0.05) is 25.3 Å². The standard InChI is InChI=1S/C18H28N2O/c1-14-7-8-17(21-3)16(11-14)20-13-18(19-12-15(20)2)9-5-4-6-10-18/h7-8,11,15,19H,4-6,9-10,12-13H2,1-3H3. The van der Waals surface area contributed by atoms with Crippen LogP contribution in [-0.4, -0.2) is 31.8 Å². The van der Waals surface area contributed by atoms with Crippen molar-refractivity contribution in [3.8, 4) is 5.75 Å². The van der Waals surface area contributed by atoms with Gasteiger partial charge in [0.1, 0.15) is 5.75 Å². The smallest absolute Gasteiger partial charge is 0.142 e. The van der Waals surface area contributed by atoms with Crippen molar-refractivity contribution in [2.24, 2.45) is 0 Å². The van der Waals surface area contributed by atoms with Crippen LogP contribution < -0.4 is 15.0 Å². The van der Waals surface area contributed by atoms with Gasteiger partial charge in [0.15, 0.2) is 0 Å². The number of rotatable bonds is 2. The molecule has 2 fully saturated rings. The molecule has 0 aromatic heterocycles. The lowest BCUT2D eigenvalue weighted by atomic mass is 9.79. The van der Waals surface area contributed by atoms with Crippen LogP contribution >= 0.6 is 0 Å². The van der Waals surface area contributed by atoms with Crippen LogP contribution in [0.25, 0.3) is 0 Å². The number of ether oxygens (including phenoxy) is 1. The molecule has 21 heavy (non-hydrogen) atoms. The average Bonchev–Trinajstić information content (AvgIpc) is 2.51. The van der Waals surface area contributed by atoms with E-state index in [0.717, 1.165) is 18.8 Å². The summed E-state index contributed by atoms with van der Waals surface area (Å²) in [4.78, 5) is 2.56. The highest BCUT2D eigenvalue weighted by molar-refractivity contribution is 5.61. The monoisotopic (exact) mass is 288 g/mol. The zero-order valence-corrected chi connectivity index (χ0v) is 13.6. The second kappa shape index (κ2) is 5.88. The zero-order chi connectivity index (χ0) is 14.9. The fourth-order valence-corrected chi connectivity index (χ4v) is 3.92. The van der Waals surface area contributed by atoms with Crippen LogP contribution in [0, 0.1) is 6.92 Å². The minimum atomic E-state index is 0.319. The number of piperazine rings is 1. The Balaban J connectivity index is 1.90. The Labute approximate surface area is 128 Å². The molecule has 1 unspecified atom stereocenters. The van der Waals surface area contributed by atoms with E-state index < -0.39 is 0 Å². The predicted molar refractivity (Wildman–Crippen MR) is 88.4 cm³/mol. The first-order chi connectivity index (χ1) is 10.1. The van der Waals surface area contributed by atoms with Gasteiger partial charge in [-0.25, -0.2) is 0 Å². The summed E-state index contributed by atoms with van der Waals surface area (Å²) in [6, 6.07) is 7.02. The molecule has 3 heteroatoms. The Hall–Kier alpha value is -1.22. The first-order valence-corrected chi connectivity index (χ1v) is 8.30. The maximum Gasteiger partial charge on any atom is 0.142 e. The molecule has 0 bridgehead atoms. The lowest BCUT2D eigenvalue weighted by molar-refractivity contribution is 0.200. The van der Waals surface area contributed by atoms with Crippen molar-refractivity contribution >= 4 is 5.69 Å². The van der Waals surface area contributed by atoms with E-state index in [4.69, 9.17) is 4.74 Å². The van der Waals surface area contributed by atoms with Gasteiger partial charge >= 0.3 is 0 Å². The van der Waals surface area contributed by atoms with E-state index in [0.29, 0.717) is 11.6 Å². The van der Waals surface area contributed by atoms with E-state index in [1.54, 1.807) is 7.11 Å². The fraction of sp³-hybridized carbons (Fsp3) is 0.667. The molecule has 1 aliphatic heterocycles. The SMILES string of the molecule is COc1ccc(C)cc1N1CC2(CCCCC2)NCC1C. The largest absolute Gasteiger partial charge is 0.495 e. The summed E-state index contributed by atoms with van der Waals surface area (Å²) in [6.45, 7) is 6.64. The molecule has 0 amide bonds. The molecule has 0 radical (unpaired) electrons. The summed E-state index contributed by atoms with van der Waals surface area (Å²) < 4.78 is 5.62. The van der Waals surface area contributed by atoms with E-state index in [-0.39, 0.29) is 0 Å². The second-order valence-corrected chi connectivity index (χ2v) is 6.87. The van der Waals surface area contributed by atoms with Crippen LogP contribution in [0.15, 0.2) is 18.2 Å². The van der Waals surface area contributed by atoms with Crippen molar-refractivity contribution in [1.82, 2.24) is 5.32 Å². The molecule has 116 valence electrons. The first kappa shape index (κ1) is 14.7. The molecule has 1 aliphatic carbocycles. The van der Waals surface area contributed by atoms with Crippen LogP contribution in [0.1, 0.15) is 44.6 Å². The Morgan fingerprint density at radius 3 is 2.71 bits per heavy atom. The molecule has 1 aromatic carbocycles. The van der Waals surface area contributed by atoms with Gasteiger partial charge in [-0.3, -0.25) is 0 Å². The summed E-state index contributed by atoms with van der Waals surface area (Å²) in [6.07, 6.45) is 6.74. The van der Waals surface area contributed by atoms with E-state index >= 15 is 0 Å². The molecule has 1 N–H and O–H groups in total. The van der Waals surface area contributed by atoms with E-state index in [2.05, 4.69) is 42.3 Å². The van der Waals surface area contributed by atoms with Crippen LogP contribution in [0.5, 0.6) is 5.75 Å². The quantitative estimate of drug-likeness (QED) is 0.901. The summed E-state index contributed by atoms with van der Waals surface area (Å²) >= 11 is 0. The maximum absolute atomic E-state index is 5.62. The average molecular weight is 288 g/mol. The predicted octanol–water partition coefficient (Wildman–Crippen LogP) is 3.50. The van der Waals surface area contributed by atoms with Crippen molar-refractivity contribution < 1.29 is 4.74 Å². The number of nitrogens with one attached hydrogen (secondary N) is 1. The Kier molecular flexibility index (Phi) is 4.12. The number of benzene rings is 1. The number of aryl methyl sites for hydroxylation is 1. The lowest BCUT2D eigenvalue weighted by Gasteiger charge is -2.50. The van der Waals surface area contributed by atoms with Crippen LogP contribution in [0.2, 0.25) is 0 Å². The van der Waals surface area contributed by atoms with Gasteiger partial charge in [0.2, 0.25) is 0 Å². The second-order valence-electron chi connectivity index (χ2n) is 6.87. The Morgan fingerprint density at radius 1 is 1.24 bits per heavy atom. The molecular weight excluding hydrogens is 260 g/mol. The van der Waals surface area contributed by atoms with Gasteiger partial charge in [0, 0.05) is 24.7 Å². The van der Waals surface area contributed by atoms with Crippen molar-refractivity contribution in [2.75, 3.05) is 25.1 Å². The molecule has 3 nitrogen and oxygen atoms in total. The van der Waals surface area contributed by atoms with Crippen LogP contribution in [-0.2, 0) is 0 Å². The first-order valence-electron chi connectivity index (χ1n) is 8.30. The molecule has 1 atom stereocenters. The summed E-state index contributed by atoms with van der Waals surface area (Å²) in [5, 5.41) is 3.85. The van der Waals surface area contributed by atoms with Gasteiger partial charge in [0.25, 0.3) is 0 Å². The van der Waals surface area contributed by atoms with E-state index in [9.17, 15) is 0 Å². The summed E-state index contributed by atoms with van der Waals surface area (Å²) in [5.74, 6) is 1.00. The lowest BCUT2D eigenvalue weighted by Crippen LogP contribution is -2.64. The van der Waals surface area contributed by atoms with Crippen molar-refractivity contribution in [3.63, 3.8) is 0 Å². The highest BCUT2D eigenvalue weighted by atomic mass is 16.5. The van der Waals surface area contributed by atoms with Gasteiger partial charge in [-0.15, -0.1) is 0 Å². The number of nitrogens with zero attached hydrogens (tertiary/aromatic N) is 1. The summed E-state index contributed by atoms with van der Waals surface area (Å²) in [5.41, 5.74) is 2.88. The highest BCUT2D eigenvalue weighted by Crippen LogP contribution is 2.37. The number of methoxy groups -OCH3 is 1. The molecule has 1 saturated carbocycles. The Morgan fingerprint density at radius 2 is 2.00 bits per heavy atom. The third-order valence-corrected chi connectivity index (χ3v) is 5.23. The highest BCUT2D eigenvalue weighted by Gasteiger charge is 2.39. The van der Waals surface area contributed by atoms with E-state index in [1.165, 1.54) is 43.4 Å². The molecule has 1 aromatic rings. The molecule has 3 rings (SSSR count). The third-order valence-electron chi connectivity index (χ3n) is 5.23. The number of hydrogen-bond donors (Lipinski definition) is 1. The number of anilines is 1. The topological polar surface area (TPSA) is 24.5 Å². The van der Waals surface area contributed by atoms with Crippen molar-refractivity contribution in [1.29, 1.82) is 0 Å². The molecule has 1 saturated heterocycles. The summed E-state index contributed by atoms with van der Waals surface area (Å²) in [7, 11) is 1.78. The van der Waals surface area contributed by atoms with Crippen LogP contribution in [0.3, 0.4) is 0 Å². The van der Waals surface area contributed by atoms with Crippen LogP contribution in [0.4, 0.5) is 5.69 Å². The normalized spacial score (nSPS) is 25.1. The number of hydrogen-bond acceptors (Lipinski definition) is 3. The molecule has 2 aliphatic rings. The van der Waals surface area contributed by atoms with E-state index in [1.807, 2.05) is 0 Å². The fourth-order valence-electron chi connectivity index (χ4n) is 3.92. The van der Waals surface area contributed by atoms with Gasteiger partial charge in [-0.05, 0) is 44.4 Å². The van der Waals surface area contributed by atoms with Crippen molar-refractivity contribution in [3.05, 3.63) is 23.8 Å². The zero-order valence-electron chi connectivity index (χ0n) is 13.6. The Bertz CT molecular complexity index is 494. The third kappa shape index (κ3) is 2.89. The molecular formula is C18H28N2O.